The average molecular weight is 384 g/mol. The molecule has 4 rings (SSSR count). The predicted molar refractivity (Wildman–Crippen MR) is 107 cm³/mol. The molecule has 2 aromatic carbocycles. The Hall–Kier alpha value is -2.28. The molecule has 1 saturated heterocycles. The quantitative estimate of drug-likeness (QED) is 0.791. The van der Waals surface area contributed by atoms with E-state index in [1.165, 1.54) is 5.56 Å². The molecule has 1 N–H and O–H groups in total. The number of piperazine rings is 1. The molecule has 0 saturated carbocycles. The minimum atomic E-state index is -0.485. The highest BCUT2D eigenvalue weighted by Gasteiger charge is 2.20. The van der Waals surface area contributed by atoms with E-state index in [1.807, 2.05) is 37.3 Å². The highest BCUT2D eigenvalue weighted by Crippen LogP contribution is 2.32. The molecule has 6 heteroatoms. The number of rotatable bonds is 7. The first kappa shape index (κ1) is 19.1. The summed E-state index contributed by atoms with van der Waals surface area (Å²) in [7, 11) is 0. The highest BCUT2D eigenvalue weighted by atomic mass is 16.7. The summed E-state index contributed by atoms with van der Waals surface area (Å²) in [6.07, 6.45) is -0.485. The molecule has 28 heavy (non-hydrogen) atoms. The molecule has 0 radical (unpaired) electrons. The van der Waals surface area contributed by atoms with Gasteiger partial charge in [0, 0.05) is 39.3 Å². The molecule has 2 aromatic rings. The Labute approximate surface area is 166 Å². The van der Waals surface area contributed by atoms with Gasteiger partial charge in [0.25, 0.3) is 0 Å². The summed E-state index contributed by atoms with van der Waals surface area (Å²) in [6.45, 7) is 8.09. The lowest BCUT2D eigenvalue weighted by molar-refractivity contribution is 0.0446. The molecule has 2 heterocycles. The summed E-state index contributed by atoms with van der Waals surface area (Å²) in [5, 5.41) is 10.3. The van der Waals surface area contributed by atoms with Gasteiger partial charge in [-0.2, -0.15) is 0 Å². The number of β-amino-alcohol motifs (C(OH)–C–C–N with tert-alkyl or cyclic N) is 1. The predicted octanol–water partition coefficient (Wildman–Crippen LogP) is 2.28. The summed E-state index contributed by atoms with van der Waals surface area (Å²) >= 11 is 0. The maximum absolute atomic E-state index is 10.3. The Bertz CT molecular complexity index is 790. The van der Waals surface area contributed by atoms with E-state index in [1.54, 1.807) is 0 Å². The first-order chi connectivity index (χ1) is 13.7. The largest absolute Gasteiger partial charge is 0.491 e. The molecule has 0 unspecified atom stereocenters. The number of aliphatic hydroxyl groups is 1. The summed E-state index contributed by atoms with van der Waals surface area (Å²) in [4.78, 5) is 4.74. The highest BCUT2D eigenvalue weighted by molar-refractivity contribution is 5.44. The van der Waals surface area contributed by atoms with Crippen molar-refractivity contribution in [3.63, 3.8) is 0 Å². The zero-order chi connectivity index (χ0) is 19.3. The number of fused-ring (bicyclic) bond motifs is 1. The Morgan fingerprint density at radius 3 is 2.61 bits per heavy atom. The Balaban J connectivity index is 1.18. The second-order valence-corrected chi connectivity index (χ2v) is 7.55. The van der Waals surface area contributed by atoms with Crippen molar-refractivity contribution in [2.45, 2.75) is 19.6 Å². The van der Waals surface area contributed by atoms with Crippen LogP contribution in [-0.4, -0.2) is 67.1 Å². The van der Waals surface area contributed by atoms with Crippen LogP contribution in [-0.2, 0) is 6.54 Å². The van der Waals surface area contributed by atoms with Crippen molar-refractivity contribution in [3.05, 3.63) is 53.6 Å². The van der Waals surface area contributed by atoms with Gasteiger partial charge in [0.2, 0.25) is 6.79 Å². The van der Waals surface area contributed by atoms with Crippen LogP contribution in [0.3, 0.4) is 0 Å². The number of ether oxygens (including phenoxy) is 3. The second kappa shape index (κ2) is 8.82. The minimum absolute atomic E-state index is 0.313. The molecule has 1 atom stereocenters. The van der Waals surface area contributed by atoms with Crippen LogP contribution in [0.15, 0.2) is 42.5 Å². The van der Waals surface area contributed by atoms with Crippen LogP contribution in [0.2, 0.25) is 0 Å². The van der Waals surface area contributed by atoms with Gasteiger partial charge in [-0.05, 0) is 42.3 Å². The van der Waals surface area contributed by atoms with Gasteiger partial charge in [-0.1, -0.05) is 18.2 Å². The SMILES string of the molecule is Cc1cccc(OC[C@H](O)CN2CCN(Cc3ccc4c(c3)OCO4)CC2)c1. The Morgan fingerprint density at radius 1 is 1.00 bits per heavy atom. The number of benzene rings is 2. The molecule has 6 nitrogen and oxygen atoms in total. The topological polar surface area (TPSA) is 54.4 Å². The Morgan fingerprint density at radius 2 is 1.79 bits per heavy atom. The second-order valence-electron chi connectivity index (χ2n) is 7.55. The van der Waals surface area contributed by atoms with E-state index < -0.39 is 6.10 Å². The van der Waals surface area contributed by atoms with Crippen LogP contribution in [0.4, 0.5) is 0 Å². The average Bonchev–Trinajstić information content (AvgIpc) is 3.16. The molecule has 0 spiro atoms. The number of aryl methyl sites for hydroxylation is 1. The molecule has 0 aliphatic carbocycles. The lowest BCUT2D eigenvalue weighted by Crippen LogP contribution is -2.48. The van der Waals surface area contributed by atoms with Crippen molar-refractivity contribution >= 4 is 0 Å². The summed E-state index contributed by atoms with van der Waals surface area (Å²) in [5.41, 5.74) is 2.40. The zero-order valence-electron chi connectivity index (χ0n) is 16.3. The van der Waals surface area contributed by atoms with Gasteiger partial charge in [-0.3, -0.25) is 9.80 Å². The lowest BCUT2D eigenvalue weighted by atomic mass is 10.1. The van der Waals surface area contributed by atoms with E-state index in [4.69, 9.17) is 14.2 Å². The van der Waals surface area contributed by atoms with Crippen LogP contribution in [0.1, 0.15) is 11.1 Å². The zero-order valence-corrected chi connectivity index (χ0v) is 16.3. The van der Waals surface area contributed by atoms with E-state index in [0.29, 0.717) is 19.9 Å². The van der Waals surface area contributed by atoms with Crippen molar-refractivity contribution in [2.75, 3.05) is 46.1 Å². The van der Waals surface area contributed by atoms with Crippen molar-refractivity contribution in [3.8, 4) is 17.2 Å². The van der Waals surface area contributed by atoms with Gasteiger partial charge in [-0.25, -0.2) is 0 Å². The maximum atomic E-state index is 10.3. The lowest BCUT2D eigenvalue weighted by Gasteiger charge is -2.35. The van der Waals surface area contributed by atoms with E-state index in [-0.39, 0.29) is 0 Å². The molecule has 0 aromatic heterocycles. The molecule has 1 fully saturated rings. The van der Waals surface area contributed by atoms with E-state index in [0.717, 1.165) is 55.5 Å². The van der Waals surface area contributed by atoms with Crippen molar-refractivity contribution in [1.29, 1.82) is 0 Å². The third-order valence-electron chi connectivity index (χ3n) is 5.21. The molecular formula is C22H28N2O4. The molecule has 150 valence electrons. The smallest absolute Gasteiger partial charge is 0.231 e. The van der Waals surface area contributed by atoms with Crippen molar-refractivity contribution < 1.29 is 19.3 Å². The third kappa shape index (κ3) is 4.95. The standard InChI is InChI=1S/C22H28N2O4/c1-17-3-2-4-20(11-17)26-15-19(25)14-24-9-7-23(8-10-24)13-18-5-6-21-22(12-18)28-16-27-21/h2-6,11-12,19,25H,7-10,13-16H2,1H3/t19-/m1/s1. The van der Waals surface area contributed by atoms with E-state index >= 15 is 0 Å². The summed E-state index contributed by atoms with van der Waals surface area (Å²) < 4.78 is 16.6. The Kier molecular flexibility index (Phi) is 6.00. The van der Waals surface area contributed by atoms with Crippen LogP contribution in [0.25, 0.3) is 0 Å². The minimum Gasteiger partial charge on any atom is -0.491 e. The first-order valence-corrected chi connectivity index (χ1v) is 9.86. The number of hydrogen-bond acceptors (Lipinski definition) is 6. The summed E-state index contributed by atoms with van der Waals surface area (Å²) in [5.74, 6) is 2.48. The van der Waals surface area contributed by atoms with E-state index in [2.05, 4.69) is 21.9 Å². The first-order valence-electron chi connectivity index (χ1n) is 9.86. The van der Waals surface area contributed by atoms with Crippen molar-refractivity contribution in [2.24, 2.45) is 0 Å². The van der Waals surface area contributed by atoms with Gasteiger partial charge in [0.05, 0.1) is 0 Å². The number of nitrogens with zero attached hydrogens (tertiary/aromatic N) is 2. The van der Waals surface area contributed by atoms with Crippen LogP contribution in [0, 0.1) is 6.92 Å². The van der Waals surface area contributed by atoms with Crippen LogP contribution >= 0.6 is 0 Å². The van der Waals surface area contributed by atoms with Gasteiger partial charge in [-0.15, -0.1) is 0 Å². The van der Waals surface area contributed by atoms with Gasteiger partial charge in [0.1, 0.15) is 18.5 Å². The molecular weight excluding hydrogens is 356 g/mol. The fraction of sp³-hybridized carbons (Fsp3) is 0.455. The third-order valence-corrected chi connectivity index (χ3v) is 5.21. The molecule has 2 aliphatic heterocycles. The van der Waals surface area contributed by atoms with Crippen LogP contribution in [0.5, 0.6) is 17.2 Å². The normalized spacial score (nSPS) is 18.2. The fourth-order valence-corrected chi connectivity index (χ4v) is 3.68. The van der Waals surface area contributed by atoms with Gasteiger partial charge >= 0.3 is 0 Å². The van der Waals surface area contributed by atoms with E-state index in [9.17, 15) is 5.11 Å². The van der Waals surface area contributed by atoms with Gasteiger partial charge in [0.15, 0.2) is 11.5 Å². The molecule has 2 aliphatic rings. The maximum Gasteiger partial charge on any atom is 0.231 e. The monoisotopic (exact) mass is 384 g/mol. The molecule has 0 bridgehead atoms. The molecule has 0 amide bonds. The fourth-order valence-electron chi connectivity index (χ4n) is 3.68. The number of hydrogen-bond donors (Lipinski definition) is 1. The number of aliphatic hydroxyl groups excluding tert-OH is 1. The summed E-state index contributed by atoms with van der Waals surface area (Å²) in [6, 6.07) is 14.1. The van der Waals surface area contributed by atoms with Crippen molar-refractivity contribution in [1.82, 2.24) is 9.80 Å². The van der Waals surface area contributed by atoms with Crippen LogP contribution < -0.4 is 14.2 Å². The van der Waals surface area contributed by atoms with Gasteiger partial charge < -0.3 is 19.3 Å².